The van der Waals surface area contributed by atoms with Crippen molar-refractivity contribution >= 4 is 17.4 Å². The Bertz CT molecular complexity index is 1590. The van der Waals surface area contributed by atoms with Crippen molar-refractivity contribution in [2.45, 2.75) is 25.4 Å². The number of nitrogens with one attached hydrogen (secondary N) is 2. The second-order valence-electron chi connectivity index (χ2n) is 9.17. The molecule has 2 aliphatic heterocycles. The van der Waals surface area contributed by atoms with E-state index in [0.717, 1.165) is 12.0 Å². The first-order valence-corrected chi connectivity index (χ1v) is 12.6. The number of carbonyl (C=O) groups excluding carboxylic acids is 1. The van der Waals surface area contributed by atoms with Crippen LogP contribution in [0.2, 0.25) is 0 Å². The molecule has 4 heterocycles. The van der Waals surface area contributed by atoms with Gasteiger partial charge in [-0.1, -0.05) is 5.16 Å². The predicted octanol–water partition coefficient (Wildman–Crippen LogP) is 4.17. The number of aryl methyl sites for hydroxylation is 1. The molecule has 12 heteroatoms. The molecule has 2 aliphatic rings. The lowest BCUT2D eigenvalue weighted by Crippen LogP contribution is -2.34. The number of rotatable bonds is 7. The molecule has 6 rings (SSSR count). The van der Waals surface area contributed by atoms with Crippen LogP contribution in [0.1, 0.15) is 35.7 Å². The molecule has 1 amide bonds. The minimum absolute atomic E-state index is 0.0512. The van der Waals surface area contributed by atoms with Gasteiger partial charge in [-0.05, 0) is 54.1 Å². The van der Waals surface area contributed by atoms with E-state index in [2.05, 4.69) is 30.8 Å². The van der Waals surface area contributed by atoms with E-state index in [4.69, 9.17) is 18.7 Å². The van der Waals surface area contributed by atoms with E-state index in [1.54, 1.807) is 20.1 Å². The van der Waals surface area contributed by atoms with E-state index in [9.17, 15) is 9.18 Å². The Hall–Kier alpha value is -5.00. The summed E-state index contributed by atoms with van der Waals surface area (Å²) in [4.78, 5) is 25.9. The van der Waals surface area contributed by atoms with Crippen molar-refractivity contribution in [3.05, 3.63) is 77.7 Å². The molecule has 40 heavy (non-hydrogen) atoms. The largest absolute Gasteiger partial charge is 0.493 e. The zero-order valence-electron chi connectivity index (χ0n) is 21.7. The summed E-state index contributed by atoms with van der Waals surface area (Å²) in [6, 6.07) is 11.9. The van der Waals surface area contributed by atoms with E-state index in [1.165, 1.54) is 18.3 Å². The maximum Gasteiger partial charge on any atom is 0.256 e. The quantitative estimate of drug-likeness (QED) is 0.352. The van der Waals surface area contributed by atoms with E-state index in [0.29, 0.717) is 53.4 Å². The Morgan fingerprint density at radius 1 is 1.15 bits per heavy atom. The third-order valence-corrected chi connectivity index (χ3v) is 6.46. The Balaban J connectivity index is 1.40. The van der Waals surface area contributed by atoms with Crippen LogP contribution in [-0.4, -0.2) is 47.2 Å². The van der Waals surface area contributed by atoms with Crippen LogP contribution in [-0.2, 0) is 4.79 Å². The van der Waals surface area contributed by atoms with Gasteiger partial charge in [0.2, 0.25) is 17.5 Å². The third kappa shape index (κ3) is 4.91. The SMILES string of the molecule is COc1cc(C(Nc2ccc(-c3noc(C)n3)cc2)C2=NC(c3ncccc3F)C(=O)N2)cc2c1OCCCO2. The average Bonchev–Trinajstić information content (AvgIpc) is 3.48. The fraction of sp³-hybridized carbons (Fsp3) is 0.250. The number of nitrogens with zero attached hydrogens (tertiary/aromatic N) is 4. The maximum atomic E-state index is 14.5. The lowest BCUT2D eigenvalue weighted by atomic mass is 10.0. The number of anilines is 1. The van der Waals surface area contributed by atoms with Gasteiger partial charge in [-0.2, -0.15) is 4.98 Å². The Morgan fingerprint density at radius 2 is 1.98 bits per heavy atom. The summed E-state index contributed by atoms with van der Waals surface area (Å²) in [7, 11) is 1.54. The van der Waals surface area contributed by atoms with Crippen molar-refractivity contribution in [2.24, 2.45) is 4.99 Å². The monoisotopic (exact) mass is 544 g/mol. The molecule has 204 valence electrons. The molecular formula is C28H25FN6O5. The average molecular weight is 545 g/mol. The van der Waals surface area contributed by atoms with Gasteiger partial charge in [-0.3, -0.25) is 9.78 Å². The van der Waals surface area contributed by atoms with Gasteiger partial charge in [0.25, 0.3) is 5.91 Å². The second-order valence-corrected chi connectivity index (χ2v) is 9.17. The van der Waals surface area contributed by atoms with Gasteiger partial charge in [0, 0.05) is 30.8 Å². The molecule has 2 atom stereocenters. The summed E-state index contributed by atoms with van der Waals surface area (Å²) in [5.41, 5.74) is 2.11. The van der Waals surface area contributed by atoms with Gasteiger partial charge in [0.15, 0.2) is 17.5 Å². The number of ether oxygens (including phenoxy) is 3. The lowest BCUT2D eigenvalue weighted by Gasteiger charge is -2.23. The first-order chi connectivity index (χ1) is 19.5. The summed E-state index contributed by atoms with van der Waals surface area (Å²) in [5.74, 6) is 1.63. The van der Waals surface area contributed by atoms with Gasteiger partial charge >= 0.3 is 0 Å². The smallest absolute Gasteiger partial charge is 0.256 e. The van der Waals surface area contributed by atoms with Crippen LogP contribution in [0, 0.1) is 12.7 Å². The summed E-state index contributed by atoms with van der Waals surface area (Å²) < 4.78 is 37.0. The highest BCUT2D eigenvalue weighted by atomic mass is 19.1. The predicted molar refractivity (Wildman–Crippen MR) is 142 cm³/mol. The first kappa shape index (κ1) is 25.3. The fourth-order valence-corrected chi connectivity index (χ4v) is 4.54. The van der Waals surface area contributed by atoms with Crippen LogP contribution in [0.3, 0.4) is 0 Å². The molecule has 0 spiro atoms. The molecule has 2 aromatic carbocycles. The van der Waals surface area contributed by atoms with Gasteiger partial charge in [-0.15, -0.1) is 0 Å². The van der Waals surface area contributed by atoms with E-state index in [-0.39, 0.29) is 11.5 Å². The van der Waals surface area contributed by atoms with Crippen LogP contribution in [0.25, 0.3) is 11.4 Å². The summed E-state index contributed by atoms with van der Waals surface area (Å²) in [6.07, 6.45) is 2.15. The normalized spacial score (nSPS) is 17.0. The standard InChI is InChI=1S/C28H25FN6O5/c1-15-31-26(35-40-15)16-6-8-18(9-7-16)32-22(17-13-20(37-2)25-21(14-17)38-11-4-12-39-25)27-33-24(28(36)34-27)23-19(29)5-3-10-30-23/h3,5-10,13-14,22,24,32H,4,11-12H2,1-2H3,(H,33,34,36). The molecule has 4 aromatic rings. The highest BCUT2D eigenvalue weighted by molar-refractivity contribution is 6.09. The molecule has 2 N–H and O–H groups in total. The molecular weight excluding hydrogens is 519 g/mol. The van der Waals surface area contributed by atoms with Crippen LogP contribution < -0.4 is 24.8 Å². The third-order valence-electron chi connectivity index (χ3n) is 6.46. The Labute approximate surface area is 228 Å². The molecule has 2 unspecified atom stereocenters. The first-order valence-electron chi connectivity index (χ1n) is 12.6. The van der Waals surface area contributed by atoms with Gasteiger partial charge in [-0.25, -0.2) is 9.38 Å². The zero-order valence-corrected chi connectivity index (χ0v) is 21.7. The van der Waals surface area contributed by atoms with E-state index in [1.807, 2.05) is 30.3 Å². The van der Waals surface area contributed by atoms with Crippen molar-refractivity contribution < 1.29 is 27.9 Å². The van der Waals surface area contributed by atoms with Crippen LogP contribution >= 0.6 is 0 Å². The van der Waals surface area contributed by atoms with E-state index >= 15 is 0 Å². The van der Waals surface area contributed by atoms with Crippen molar-refractivity contribution in [2.75, 3.05) is 25.6 Å². The number of benzene rings is 2. The minimum Gasteiger partial charge on any atom is -0.493 e. The van der Waals surface area contributed by atoms with Crippen LogP contribution in [0.15, 0.2) is 64.2 Å². The minimum atomic E-state index is -1.13. The number of amidine groups is 1. The van der Waals surface area contributed by atoms with E-state index < -0.39 is 23.8 Å². The fourth-order valence-electron chi connectivity index (χ4n) is 4.54. The lowest BCUT2D eigenvalue weighted by molar-refractivity contribution is -0.120. The van der Waals surface area contributed by atoms with Gasteiger partial charge in [0.05, 0.1) is 20.3 Å². The molecule has 0 fully saturated rings. The number of pyridine rings is 1. The number of hydrogen-bond donors (Lipinski definition) is 2. The van der Waals surface area contributed by atoms with Crippen LogP contribution in [0.4, 0.5) is 10.1 Å². The number of carbonyl (C=O) groups is 1. The zero-order chi connectivity index (χ0) is 27.6. The van der Waals surface area contributed by atoms with Crippen molar-refractivity contribution in [1.82, 2.24) is 20.4 Å². The summed E-state index contributed by atoms with van der Waals surface area (Å²) >= 11 is 0. The molecule has 2 aromatic heterocycles. The number of halogens is 1. The Kier molecular flexibility index (Phi) is 6.72. The molecule has 0 radical (unpaired) electrons. The van der Waals surface area contributed by atoms with Gasteiger partial charge < -0.3 is 29.4 Å². The Morgan fingerprint density at radius 3 is 2.73 bits per heavy atom. The molecule has 0 saturated heterocycles. The number of aliphatic imine (C=N–C) groups is 1. The topological polar surface area (TPSA) is 133 Å². The molecule has 0 saturated carbocycles. The van der Waals surface area contributed by atoms with Crippen LogP contribution in [0.5, 0.6) is 17.2 Å². The highest BCUT2D eigenvalue weighted by Crippen LogP contribution is 2.42. The molecule has 11 nitrogen and oxygen atoms in total. The number of methoxy groups -OCH3 is 1. The number of fused-ring (bicyclic) bond motifs is 1. The summed E-state index contributed by atoms with van der Waals surface area (Å²) in [6.45, 7) is 2.70. The number of amides is 1. The maximum absolute atomic E-state index is 14.5. The molecule has 0 aliphatic carbocycles. The van der Waals surface area contributed by atoms with Gasteiger partial charge in [0.1, 0.15) is 23.4 Å². The van der Waals surface area contributed by atoms with Crippen molar-refractivity contribution in [1.29, 1.82) is 0 Å². The van der Waals surface area contributed by atoms with Crippen molar-refractivity contribution in [3.8, 4) is 28.6 Å². The number of aromatic nitrogens is 3. The van der Waals surface area contributed by atoms with Crippen molar-refractivity contribution in [3.63, 3.8) is 0 Å². The summed E-state index contributed by atoms with van der Waals surface area (Å²) in [5, 5.41) is 10.2. The highest BCUT2D eigenvalue weighted by Gasteiger charge is 2.36. The molecule has 0 bridgehead atoms. The second kappa shape index (κ2) is 10.6. The number of hydrogen-bond acceptors (Lipinski definition) is 10.